The highest BCUT2D eigenvalue weighted by Gasteiger charge is 2.66. The summed E-state index contributed by atoms with van der Waals surface area (Å²) in [5.74, 6) is 7.48. The summed E-state index contributed by atoms with van der Waals surface area (Å²) in [6.45, 7) is 0.323. The molecule has 2 N–H and O–H groups in total. The third-order valence-corrected chi connectivity index (χ3v) is 8.93. The predicted octanol–water partition coefficient (Wildman–Crippen LogP) is 4.32. The molecule has 2 aromatic carbocycles. The normalized spacial score (nSPS) is 29.2. The Labute approximate surface area is 219 Å². The fourth-order valence-electron chi connectivity index (χ4n) is 6.68. The molecule has 4 aliphatic rings. The van der Waals surface area contributed by atoms with Crippen LogP contribution < -0.4 is 5.73 Å². The molecule has 0 saturated heterocycles. The first-order valence-corrected chi connectivity index (χ1v) is 13.4. The monoisotopic (exact) mass is 497 g/mol. The Kier molecular flexibility index (Phi) is 6.09. The van der Waals surface area contributed by atoms with Gasteiger partial charge >= 0.3 is 0 Å². The number of ether oxygens (including phenoxy) is 2. The van der Waals surface area contributed by atoms with E-state index in [0.29, 0.717) is 12.5 Å². The Morgan fingerprint density at radius 1 is 1.11 bits per heavy atom. The summed E-state index contributed by atoms with van der Waals surface area (Å²) in [5, 5.41) is 0. The molecule has 2 fully saturated rings. The van der Waals surface area contributed by atoms with E-state index >= 15 is 0 Å². The van der Waals surface area contributed by atoms with E-state index in [4.69, 9.17) is 20.2 Å². The number of hydrogen-bond acceptors (Lipinski definition) is 5. The highest BCUT2D eigenvalue weighted by molar-refractivity contribution is 6.08. The van der Waals surface area contributed by atoms with E-state index in [-0.39, 0.29) is 29.5 Å². The molecule has 0 radical (unpaired) electrons. The molecule has 2 atom stereocenters. The van der Waals surface area contributed by atoms with Crippen LogP contribution >= 0.6 is 0 Å². The van der Waals surface area contributed by atoms with Crippen molar-refractivity contribution in [2.45, 2.75) is 62.7 Å². The van der Waals surface area contributed by atoms with Gasteiger partial charge in [-0.25, -0.2) is 4.99 Å². The lowest BCUT2D eigenvalue weighted by Gasteiger charge is -2.45. The highest BCUT2D eigenvalue weighted by Crippen LogP contribution is 2.62. The number of fused-ring (bicyclic) bond motifs is 3. The number of aliphatic imine (C=N–C) groups is 1. The number of hydrogen-bond donors (Lipinski definition) is 1. The molecule has 2 aromatic rings. The molecule has 1 aliphatic heterocycles. The van der Waals surface area contributed by atoms with Gasteiger partial charge in [0.1, 0.15) is 6.10 Å². The smallest absolute Gasteiger partial charge is 0.262 e. The number of carbonyl (C=O) groups is 1. The van der Waals surface area contributed by atoms with Gasteiger partial charge in [0.05, 0.1) is 12.6 Å². The van der Waals surface area contributed by atoms with Gasteiger partial charge in [0.15, 0.2) is 11.5 Å². The van der Waals surface area contributed by atoms with Crippen LogP contribution in [0.3, 0.4) is 0 Å². The zero-order valence-electron chi connectivity index (χ0n) is 21.7. The van der Waals surface area contributed by atoms with Crippen molar-refractivity contribution in [3.8, 4) is 11.8 Å². The predicted molar refractivity (Wildman–Crippen MR) is 143 cm³/mol. The molecule has 0 aromatic heterocycles. The summed E-state index contributed by atoms with van der Waals surface area (Å²) in [4.78, 5) is 21.4. The number of rotatable bonds is 5. The first-order valence-electron chi connectivity index (χ1n) is 13.4. The summed E-state index contributed by atoms with van der Waals surface area (Å²) in [6.07, 6.45) is 6.66. The minimum absolute atomic E-state index is 0.0371. The summed E-state index contributed by atoms with van der Waals surface area (Å²) < 4.78 is 11.5. The van der Waals surface area contributed by atoms with Gasteiger partial charge < -0.3 is 15.2 Å². The van der Waals surface area contributed by atoms with Crippen molar-refractivity contribution in [3.05, 3.63) is 70.8 Å². The van der Waals surface area contributed by atoms with Crippen LogP contribution in [0.2, 0.25) is 0 Å². The molecule has 2 spiro atoms. The molecule has 3 aliphatic carbocycles. The topological polar surface area (TPSA) is 77.2 Å². The van der Waals surface area contributed by atoms with Crippen molar-refractivity contribution in [1.29, 1.82) is 0 Å². The van der Waals surface area contributed by atoms with Gasteiger partial charge in [0, 0.05) is 31.1 Å². The van der Waals surface area contributed by atoms with Crippen LogP contribution in [0.25, 0.3) is 0 Å². The lowest BCUT2D eigenvalue weighted by atomic mass is 9.61. The average Bonchev–Trinajstić information content (AvgIpc) is 3.68. The van der Waals surface area contributed by atoms with Gasteiger partial charge in [0.25, 0.3) is 5.91 Å². The minimum atomic E-state index is -1.03. The molecule has 2 saturated carbocycles. The fraction of sp³-hybridized carbons (Fsp3) is 0.484. The van der Waals surface area contributed by atoms with Crippen LogP contribution in [0.5, 0.6) is 0 Å². The second kappa shape index (κ2) is 9.31. The summed E-state index contributed by atoms with van der Waals surface area (Å²) in [6, 6.07) is 16.3. The van der Waals surface area contributed by atoms with Crippen molar-refractivity contribution < 1.29 is 14.3 Å². The van der Waals surface area contributed by atoms with Crippen LogP contribution in [0.15, 0.2) is 53.5 Å². The molecule has 1 amide bonds. The van der Waals surface area contributed by atoms with E-state index in [1.807, 2.05) is 30.3 Å². The van der Waals surface area contributed by atoms with E-state index in [0.717, 1.165) is 48.8 Å². The number of methoxy groups -OCH3 is 2. The minimum Gasteiger partial charge on any atom is -0.381 e. The number of nitrogens with zero attached hydrogens (tertiary/aromatic N) is 2. The molecule has 2 unspecified atom stereocenters. The Morgan fingerprint density at radius 3 is 2.54 bits per heavy atom. The fourth-order valence-corrected chi connectivity index (χ4v) is 6.68. The molecular formula is C31H35N3O3. The lowest BCUT2D eigenvalue weighted by Crippen LogP contribution is -2.52. The molecular weight excluding hydrogens is 462 g/mol. The van der Waals surface area contributed by atoms with Gasteiger partial charge in [-0.3, -0.25) is 9.69 Å². The quantitative estimate of drug-likeness (QED) is 0.624. The van der Waals surface area contributed by atoms with Gasteiger partial charge in [-0.1, -0.05) is 48.2 Å². The zero-order valence-corrected chi connectivity index (χ0v) is 21.7. The van der Waals surface area contributed by atoms with Gasteiger partial charge in [-0.05, 0) is 73.8 Å². The molecule has 1 heterocycles. The number of guanidine groups is 1. The Bertz CT molecular complexity index is 1280. The van der Waals surface area contributed by atoms with E-state index in [9.17, 15) is 4.79 Å². The Morgan fingerprint density at radius 2 is 1.86 bits per heavy atom. The van der Waals surface area contributed by atoms with Crippen molar-refractivity contribution in [2.75, 3.05) is 20.8 Å². The van der Waals surface area contributed by atoms with Crippen LogP contribution in [0.1, 0.15) is 66.9 Å². The van der Waals surface area contributed by atoms with Crippen molar-refractivity contribution in [2.24, 2.45) is 22.1 Å². The molecule has 0 bridgehead atoms. The molecule has 37 heavy (non-hydrogen) atoms. The van der Waals surface area contributed by atoms with E-state index in [2.05, 4.69) is 30.0 Å². The second-order valence-corrected chi connectivity index (χ2v) is 11.0. The summed E-state index contributed by atoms with van der Waals surface area (Å²) in [5.41, 5.74) is 9.37. The summed E-state index contributed by atoms with van der Waals surface area (Å²) in [7, 11) is 3.45. The number of benzene rings is 2. The van der Waals surface area contributed by atoms with Crippen LogP contribution in [-0.4, -0.2) is 43.6 Å². The van der Waals surface area contributed by atoms with Gasteiger partial charge in [-0.15, -0.1) is 0 Å². The maximum absolute atomic E-state index is 14.6. The molecule has 6 rings (SSSR count). The van der Waals surface area contributed by atoms with E-state index in [1.165, 1.54) is 18.4 Å². The Hall–Kier alpha value is -3.14. The Balaban J connectivity index is 1.41. The number of carbonyl (C=O) groups excluding carboxylic acids is 1. The highest BCUT2D eigenvalue weighted by atomic mass is 16.5. The third-order valence-electron chi connectivity index (χ3n) is 8.93. The lowest BCUT2D eigenvalue weighted by molar-refractivity contribution is -0.139. The largest absolute Gasteiger partial charge is 0.381 e. The third kappa shape index (κ3) is 3.96. The van der Waals surface area contributed by atoms with Crippen LogP contribution in [-0.2, 0) is 26.2 Å². The number of nitrogens with two attached hydrogens (primary N) is 1. The average molecular weight is 498 g/mol. The maximum Gasteiger partial charge on any atom is 0.262 e. The zero-order chi connectivity index (χ0) is 25.6. The summed E-state index contributed by atoms with van der Waals surface area (Å²) >= 11 is 0. The van der Waals surface area contributed by atoms with Crippen molar-refractivity contribution in [1.82, 2.24) is 4.90 Å². The van der Waals surface area contributed by atoms with E-state index < -0.39 is 5.54 Å². The van der Waals surface area contributed by atoms with Crippen LogP contribution in [0, 0.1) is 23.2 Å². The second-order valence-electron chi connectivity index (χ2n) is 11.0. The first kappa shape index (κ1) is 24.2. The van der Waals surface area contributed by atoms with Crippen molar-refractivity contribution in [3.63, 3.8) is 0 Å². The SMILES string of the molecule is COC1CCC2(CC1)Cc1ccc(C#CC3CC3)cc1C21N=C(N)N(CC(OC)c2ccccc2)C1=O. The van der Waals surface area contributed by atoms with Crippen molar-refractivity contribution >= 4 is 11.9 Å². The van der Waals surface area contributed by atoms with Gasteiger partial charge in [-0.2, -0.15) is 0 Å². The molecule has 6 nitrogen and oxygen atoms in total. The molecule has 6 heteroatoms. The van der Waals surface area contributed by atoms with Crippen LogP contribution in [0.4, 0.5) is 0 Å². The number of amides is 1. The molecule has 192 valence electrons. The van der Waals surface area contributed by atoms with E-state index in [1.54, 1.807) is 19.1 Å². The maximum atomic E-state index is 14.6. The first-order chi connectivity index (χ1) is 18.0. The standard InChI is InChI=1S/C31H35N3O3/c1-36-25-14-16-30(17-15-25)19-24-13-12-22(11-10-21-8-9-21)18-26(24)31(30)28(35)34(29(32)33-31)20-27(37-2)23-6-4-3-5-7-23/h3-7,12-13,18,21,25,27H,8-9,14-17,19-20H2,1-2H3,(H2,32,33). The van der Waals surface area contributed by atoms with Gasteiger partial charge in [0.2, 0.25) is 0 Å².